The molecule has 0 unspecified atom stereocenters. The maximum atomic E-state index is 11.4. The van der Waals surface area contributed by atoms with Crippen LogP contribution in [0.25, 0.3) is 5.57 Å². The molecule has 0 saturated heterocycles. The lowest BCUT2D eigenvalue weighted by Gasteiger charge is -2.13. The first kappa shape index (κ1) is 12.1. The molecule has 0 aliphatic rings. The third-order valence-corrected chi connectivity index (χ3v) is 2.16. The fourth-order valence-electron chi connectivity index (χ4n) is 1.37. The van der Waals surface area contributed by atoms with Crippen molar-refractivity contribution >= 4 is 11.5 Å². The van der Waals surface area contributed by atoms with Gasteiger partial charge in [0, 0.05) is 0 Å². The summed E-state index contributed by atoms with van der Waals surface area (Å²) in [6, 6.07) is 5.23. The summed E-state index contributed by atoms with van der Waals surface area (Å²) in [6.07, 6.45) is 0. The molecule has 0 aliphatic carbocycles. The third kappa shape index (κ3) is 2.16. The Balaban J connectivity index is 3.28. The molecule has 0 N–H and O–H groups in total. The van der Waals surface area contributed by atoms with E-state index < -0.39 is 5.97 Å². The fourth-order valence-corrected chi connectivity index (χ4v) is 1.37. The Morgan fingerprint density at radius 2 is 1.62 bits per heavy atom. The van der Waals surface area contributed by atoms with Crippen molar-refractivity contribution in [3.05, 3.63) is 30.3 Å². The summed E-state index contributed by atoms with van der Waals surface area (Å²) in [4.78, 5) is 11.4. The van der Waals surface area contributed by atoms with Crippen LogP contribution < -0.4 is 9.47 Å². The lowest BCUT2D eigenvalue weighted by atomic mass is 10.1. The van der Waals surface area contributed by atoms with Crippen LogP contribution in [-0.4, -0.2) is 27.3 Å². The summed E-state index contributed by atoms with van der Waals surface area (Å²) in [5.74, 6) is 0.535. The van der Waals surface area contributed by atoms with E-state index in [-0.39, 0.29) is 5.57 Å². The van der Waals surface area contributed by atoms with Crippen molar-refractivity contribution in [2.45, 2.75) is 0 Å². The molecular formula is C12H14O4. The highest BCUT2D eigenvalue weighted by atomic mass is 16.5. The van der Waals surface area contributed by atoms with Gasteiger partial charge in [0.15, 0.2) is 0 Å². The topological polar surface area (TPSA) is 44.8 Å². The Labute approximate surface area is 94.4 Å². The van der Waals surface area contributed by atoms with E-state index in [1.165, 1.54) is 21.3 Å². The van der Waals surface area contributed by atoms with E-state index in [0.29, 0.717) is 17.1 Å². The summed E-state index contributed by atoms with van der Waals surface area (Å²) >= 11 is 0. The number of carbonyl (C=O) groups is 1. The number of methoxy groups -OCH3 is 3. The van der Waals surface area contributed by atoms with Crippen molar-refractivity contribution in [3.63, 3.8) is 0 Å². The SMILES string of the molecule is C=C(C(=O)OC)c1c(OC)cccc1OC. The van der Waals surface area contributed by atoms with Gasteiger partial charge in [-0.1, -0.05) is 12.6 Å². The fraction of sp³-hybridized carbons (Fsp3) is 0.250. The average Bonchev–Trinajstić information content (AvgIpc) is 2.35. The number of hydrogen-bond donors (Lipinski definition) is 0. The molecule has 0 radical (unpaired) electrons. The highest BCUT2D eigenvalue weighted by Crippen LogP contribution is 2.34. The second kappa shape index (κ2) is 5.21. The number of carbonyl (C=O) groups excluding carboxylic acids is 1. The van der Waals surface area contributed by atoms with Gasteiger partial charge in [0.25, 0.3) is 0 Å². The molecule has 4 heteroatoms. The molecule has 1 aromatic carbocycles. The lowest BCUT2D eigenvalue weighted by molar-refractivity contribution is -0.133. The molecule has 0 aliphatic heterocycles. The first-order chi connectivity index (χ1) is 7.65. The van der Waals surface area contributed by atoms with Gasteiger partial charge in [-0.3, -0.25) is 0 Å². The van der Waals surface area contributed by atoms with Crippen LogP contribution in [-0.2, 0) is 9.53 Å². The van der Waals surface area contributed by atoms with E-state index in [4.69, 9.17) is 9.47 Å². The zero-order valence-electron chi connectivity index (χ0n) is 9.57. The summed E-state index contributed by atoms with van der Waals surface area (Å²) in [6.45, 7) is 3.68. The Morgan fingerprint density at radius 1 is 1.12 bits per heavy atom. The normalized spacial score (nSPS) is 9.44. The van der Waals surface area contributed by atoms with Gasteiger partial charge < -0.3 is 14.2 Å². The van der Waals surface area contributed by atoms with E-state index in [9.17, 15) is 4.79 Å². The van der Waals surface area contributed by atoms with E-state index in [1.807, 2.05) is 0 Å². The molecule has 0 heterocycles. The van der Waals surface area contributed by atoms with Crippen molar-refractivity contribution in [1.29, 1.82) is 0 Å². The second-order valence-electron chi connectivity index (χ2n) is 3.01. The van der Waals surface area contributed by atoms with Gasteiger partial charge in [0.05, 0.1) is 32.5 Å². The van der Waals surface area contributed by atoms with Crippen molar-refractivity contribution in [2.24, 2.45) is 0 Å². The molecule has 1 rings (SSSR count). The molecule has 0 bridgehead atoms. The number of rotatable bonds is 4. The van der Waals surface area contributed by atoms with E-state index >= 15 is 0 Å². The van der Waals surface area contributed by atoms with Gasteiger partial charge in [-0.2, -0.15) is 0 Å². The van der Waals surface area contributed by atoms with Crippen LogP contribution in [0.4, 0.5) is 0 Å². The largest absolute Gasteiger partial charge is 0.496 e. The van der Waals surface area contributed by atoms with Crippen LogP contribution in [0.1, 0.15) is 5.56 Å². The van der Waals surface area contributed by atoms with E-state index in [0.717, 1.165) is 0 Å². The number of esters is 1. The Morgan fingerprint density at radius 3 is 2.00 bits per heavy atom. The van der Waals surface area contributed by atoms with Crippen molar-refractivity contribution in [3.8, 4) is 11.5 Å². The van der Waals surface area contributed by atoms with Gasteiger partial charge in [-0.25, -0.2) is 4.79 Å². The Kier molecular flexibility index (Phi) is 3.94. The minimum atomic E-state index is -0.511. The maximum Gasteiger partial charge on any atom is 0.338 e. The van der Waals surface area contributed by atoms with Crippen LogP contribution in [0.3, 0.4) is 0 Å². The van der Waals surface area contributed by atoms with Crippen molar-refractivity contribution in [1.82, 2.24) is 0 Å². The van der Waals surface area contributed by atoms with E-state index in [1.54, 1.807) is 18.2 Å². The van der Waals surface area contributed by atoms with Crippen LogP contribution in [0.15, 0.2) is 24.8 Å². The quantitative estimate of drug-likeness (QED) is 0.576. The molecule has 0 aromatic heterocycles. The number of ether oxygens (including phenoxy) is 3. The van der Waals surface area contributed by atoms with Gasteiger partial charge in [-0.05, 0) is 12.1 Å². The van der Waals surface area contributed by atoms with Gasteiger partial charge >= 0.3 is 5.97 Å². The van der Waals surface area contributed by atoms with Gasteiger partial charge in [0.2, 0.25) is 0 Å². The summed E-state index contributed by atoms with van der Waals surface area (Å²) in [5, 5.41) is 0. The van der Waals surface area contributed by atoms with Crippen LogP contribution >= 0.6 is 0 Å². The van der Waals surface area contributed by atoms with Crippen LogP contribution in [0.5, 0.6) is 11.5 Å². The minimum absolute atomic E-state index is 0.205. The maximum absolute atomic E-state index is 11.4. The highest BCUT2D eigenvalue weighted by molar-refractivity contribution is 6.17. The van der Waals surface area contributed by atoms with E-state index in [2.05, 4.69) is 11.3 Å². The smallest absolute Gasteiger partial charge is 0.338 e. The summed E-state index contributed by atoms with van der Waals surface area (Å²) < 4.78 is 14.9. The summed E-state index contributed by atoms with van der Waals surface area (Å²) in [7, 11) is 4.33. The monoisotopic (exact) mass is 222 g/mol. The molecule has 1 aromatic rings. The lowest BCUT2D eigenvalue weighted by Crippen LogP contribution is -2.05. The van der Waals surface area contributed by atoms with Crippen LogP contribution in [0, 0.1) is 0 Å². The number of hydrogen-bond acceptors (Lipinski definition) is 4. The first-order valence-corrected chi connectivity index (χ1v) is 4.64. The zero-order chi connectivity index (χ0) is 12.1. The molecule has 0 atom stereocenters. The molecule has 0 amide bonds. The van der Waals surface area contributed by atoms with Gasteiger partial charge in [0.1, 0.15) is 11.5 Å². The second-order valence-corrected chi connectivity index (χ2v) is 3.01. The standard InChI is InChI=1S/C12H14O4/c1-8(12(13)16-4)11-9(14-2)6-5-7-10(11)15-3/h5-7H,1H2,2-4H3. The minimum Gasteiger partial charge on any atom is -0.496 e. The van der Waals surface area contributed by atoms with Gasteiger partial charge in [-0.15, -0.1) is 0 Å². The molecule has 0 spiro atoms. The molecular weight excluding hydrogens is 208 g/mol. The summed E-state index contributed by atoms with van der Waals surface area (Å²) in [5.41, 5.74) is 0.719. The van der Waals surface area contributed by atoms with Crippen molar-refractivity contribution < 1.29 is 19.0 Å². The highest BCUT2D eigenvalue weighted by Gasteiger charge is 2.18. The predicted molar refractivity (Wildman–Crippen MR) is 60.6 cm³/mol. The predicted octanol–water partition coefficient (Wildman–Crippen LogP) is 1.89. The molecule has 4 nitrogen and oxygen atoms in total. The molecule has 0 fully saturated rings. The zero-order valence-corrected chi connectivity index (χ0v) is 9.57. The van der Waals surface area contributed by atoms with Crippen molar-refractivity contribution in [2.75, 3.05) is 21.3 Å². The Bertz CT molecular complexity index is 387. The molecule has 16 heavy (non-hydrogen) atoms. The average molecular weight is 222 g/mol. The number of benzene rings is 1. The molecule has 0 saturated carbocycles. The first-order valence-electron chi connectivity index (χ1n) is 4.64. The Hall–Kier alpha value is -1.97. The third-order valence-electron chi connectivity index (χ3n) is 2.16. The van der Waals surface area contributed by atoms with Crippen LogP contribution in [0.2, 0.25) is 0 Å². The molecule has 86 valence electrons.